The molecule has 1 aromatic carbocycles. The van der Waals surface area contributed by atoms with Crippen LogP contribution in [-0.4, -0.2) is 35.1 Å². The Balaban J connectivity index is 2.53. The first-order valence-electron chi connectivity index (χ1n) is 6.21. The van der Waals surface area contributed by atoms with Gasteiger partial charge in [0.15, 0.2) is 0 Å². The molecule has 0 radical (unpaired) electrons. The van der Waals surface area contributed by atoms with Crippen molar-refractivity contribution in [1.29, 1.82) is 0 Å². The van der Waals surface area contributed by atoms with E-state index < -0.39 is 5.54 Å². The molecule has 3 N–H and O–H groups in total. The van der Waals surface area contributed by atoms with E-state index >= 15 is 0 Å². The highest BCUT2D eigenvalue weighted by Crippen LogP contribution is 2.14. The molecule has 0 bridgehead atoms. The lowest BCUT2D eigenvalue weighted by molar-refractivity contribution is 0.103. The van der Waals surface area contributed by atoms with Crippen LogP contribution in [0.1, 0.15) is 26.3 Å². The number of nitrogens with one attached hydrogen (secondary N) is 1. The van der Waals surface area contributed by atoms with Gasteiger partial charge in [0.1, 0.15) is 5.75 Å². The van der Waals surface area contributed by atoms with Crippen LogP contribution in [0.3, 0.4) is 0 Å². The highest BCUT2D eigenvalue weighted by Gasteiger charge is 2.20. The van der Waals surface area contributed by atoms with Gasteiger partial charge in [-0.2, -0.15) is 0 Å². The van der Waals surface area contributed by atoms with Gasteiger partial charge in [-0.3, -0.25) is 0 Å². The molecule has 0 aliphatic heterocycles. The van der Waals surface area contributed by atoms with Gasteiger partial charge in [-0.15, -0.1) is 0 Å². The SMILES string of the molecule is CC(C)Oc1ccc(CNC(C)(CO)CO)cc1. The van der Waals surface area contributed by atoms with E-state index in [1.165, 1.54) is 0 Å². The second-order valence-electron chi connectivity index (χ2n) is 5.04. The summed E-state index contributed by atoms with van der Waals surface area (Å²) in [5, 5.41) is 21.5. The molecule has 1 rings (SSSR count). The van der Waals surface area contributed by atoms with Crippen LogP contribution in [0, 0.1) is 0 Å². The van der Waals surface area contributed by atoms with Crippen LogP contribution in [0.5, 0.6) is 5.75 Å². The molecule has 0 unspecified atom stereocenters. The summed E-state index contributed by atoms with van der Waals surface area (Å²) in [6.45, 7) is 6.16. The van der Waals surface area contributed by atoms with Gasteiger partial charge >= 0.3 is 0 Å². The number of rotatable bonds is 7. The van der Waals surface area contributed by atoms with Crippen molar-refractivity contribution in [2.45, 2.75) is 39.0 Å². The van der Waals surface area contributed by atoms with E-state index in [2.05, 4.69) is 5.32 Å². The van der Waals surface area contributed by atoms with Gasteiger partial charge < -0.3 is 20.3 Å². The molecule has 4 nitrogen and oxygen atoms in total. The molecule has 0 aromatic heterocycles. The Kier molecular flexibility index (Phi) is 5.59. The molecule has 0 spiro atoms. The largest absolute Gasteiger partial charge is 0.491 e. The Hall–Kier alpha value is -1.10. The van der Waals surface area contributed by atoms with Crippen molar-refractivity contribution >= 4 is 0 Å². The first-order chi connectivity index (χ1) is 8.49. The second-order valence-corrected chi connectivity index (χ2v) is 5.04. The predicted octanol–water partition coefficient (Wildman–Crippen LogP) is 1.31. The van der Waals surface area contributed by atoms with Crippen molar-refractivity contribution < 1.29 is 14.9 Å². The van der Waals surface area contributed by atoms with E-state index in [1.807, 2.05) is 38.1 Å². The third-order valence-electron chi connectivity index (χ3n) is 2.71. The van der Waals surface area contributed by atoms with Gasteiger partial charge in [-0.25, -0.2) is 0 Å². The van der Waals surface area contributed by atoms with Crippen molar-refractivity contribution in [1.82, 2.24) is 5.32 Å². The Labute approximate surface area is 109 Å². The number of aliphatic hydroxyl groups is 2. The summed E-state index contributed by atoms with van der Waals surface area (Å²) in [5.74, 6) is 0.848. The number of hydrogen-bond acceptors (Lipinski definition) is 4. The summed E-state index contributed by atoms with van der Waals surface area (Å²) < 4.78 is 5.56. The van der Waals surface area contributed by atoms with Crippen LogP contribution in [0.2, 0.25) is 0 Å². The number of hydrogen-bond donors (Lipinski definition) is 3. The van der Waals surface area contributed by atoms with E-state index in [4.69, 9.17) is 14.9 Å². The Morgan fingerprint density at radius 3 is 2.17 bits per heavy atom. The van der Waals surface area contributed by atoms with Gasteiger partial charge in [-0.05, 0) is 38.5 Å². The summed E-state index contributed by atoms with van der Waals surface area (Å²) in [4.78, 5) is 0. The van der Waals surface area contributed by atoms with E-state index in [0.29, 0.717) is 6.54 Å². The molecule has 0 saturated heterocycles. The molecule has 102 valence electrons. The Morgan fingerprint density at radius 2 is 1.72 bits per heavy atom. The fourth-order valence-electron chi connectivity index (χ4n) is 1.44. The lowest BCUT2D eigenvalue weighted by atomic mass is 10.0. The number of aliphatic hydroxyl groups excluding tert-OH is 2. The molecule has 0 atom stereocenters. The van der Waals surface area contributed by atoms with Crippen LogP contribution in [-0.2, 0) is 6.54 Å². The van der Waals surface area contributed by atoms with Crippen LogP contribution in [0.15, 0.2) is 24.3 Å². The van der Waals surface area contributed by atoms with Crippen LogP contribution in [0.4, 0.5) is 0 Å². The lowest BCUT2D eigenvalue weighted by Crippen LogP contribution is -2.48. The van der Waals surface area contributed by atoms with E-state index in [9.17, 15) is 0 Å². The van der Waals surface area contributed by atoms with E-state index in [0.717, 1.165) is 11.3 Å². The maximum atomic E-state index is 9.16. The predicted molar refractivity (Wildman–Crippen MR) is 71.6 cm³/mol. The highest BCUT2D eigenvalue weighted by molar-refractivity contribution is 5.27. The van der Waals surface area contributed by atoms with Crippen LogP contribution in [0.25, 0.3) is 0 Å². The monoisotopic (exact) mass is 253 g/mol. The molecule has 0 fully saturated rings. The van der Waals surface area contributed by atoms with Gasteiger partial charge in [0.25, 0.3) is 0 Å². The smallest absolute Gasteiger partial charge is 0.119 e. The van der Waals surface area contributed by atoms with Crippen molar-refractivity contribution in [3.63, 3.8) is 0 Å². The zero-order chi connectivity index (χ0) is 13.6. The molecule has 0 heterocycles. The minimum atomic E-state index is -0.646. The lowest BCUT2D eigenvalue weighted by Gasteiger charge is -2.26. The van der Waals surface area contributed by atoms with E-state index in [1.54, 1.807) is 6.92 Å². The molecule has 4 heteroatoms. The maximum Gasteiger partial charge on any atom is 0.119 e. The molecule has 1 aromatic rings. The molecular weight excluding hydrogens is 230 g/mol. The van der Waals surface area contributed by atoms with Crippen LogP contribution >= 0.6 is 0 Å². The topological polar surface area (TPSA) is 61.7 Å². The zero-order valence-electron chi connectivity index (χ0n) is 11.3. The second kappa shape index (κ2) is 6.73. The molecule has 0 amide bonds. The van der Waals surface area contributed by atoms with Gasteiger partial charge in [0, 0.05) is 6.54 Å². The summed E-state index contributed by atoms with van der Waals surface area (Å²) >= 11 is 0. The minimum absolute atomic E-state index is 0.0992. The average Bonchev–Trinajstić information content (AvgIpc) is 2.37. The fourth-order valence-corrected chi connectivity index (χ4v) is 1.44. The quantitative estimate of drug-likeness (QED) is 0.685. The summed E-state index contributed by atoms with van der Waals surface area (Å²) in [6, 6.07) is 7.79. The summed E-state index contributed by atoms with van der Waals surface area (Å²) in [6.07, 6.45) is 0.168. The Morgan fingerprint density at radius 1 is 1.17 bits per heavy atom. The molecule has 0 aliphatic carbocycles. The molecule has 0 aliphatic rings. The normalized spacial score (nSPS) is 11.9. The van der Waals surface area contributed by atoms with Crippen LogP contribution < -0.4 is 10.1 Å². The van der Waals surface area contributed by atoms with E-state index in [-0.39, 0.29) is 19.3 Å². The minimum Gasteiger partial charge on any atom is -0.491 e. The Bertz CT molecular complexity index is 345. The standard InChI is InChI=1S/C14H23NO3/c1-11(2)18-13-6-4-12(5-7-13)8-15-14(3,9-16)10-17/h4-7,11,15-17H,8-10H2,1-3H3. The molecule has 18 heavy (non-hydrogen) atoms. The van der Waals surface area contributed by atoms with Crippen molar-refractivity contribution in [3.05, 3.63) is 29.8 Å². The highest BCUT2D eigenvalue weighted by atomic mass is 16.5. The number of ether oxygens (including phenoxy) is 1. The summed E-state index contributed by atoms with van der Waals surface area (Å²) in [7, 11) is 0. The summed E-state index contributed by atoms with van der Waals surface area (Å²) in [5.41, 5.74) is 0.437. The van der Waals surface area contributed by atoms with Gasteiger partial charge in [-0.1, -0.05) is 12.1 Å². The maximum absolute atomic E-state index is 9.16. The third-order valence-corrected chi connectivity index (χ3v) is 2.71. The first kappa shape index (κ1) is 15.0. The number of benzene rings is 1. The van der Waals surface area contributed by atoms with Crippen molar-refractivity contribution in [2.75, 3.05) is 13.2 Å². The zero-order valence-corrected chi connectivity index (χ0v) is 11.3. The first-order valence-corrected chi connectivity index (χ1v) is 6.21. The van der Waals surface area contributed by atoms with Crippen molar-refractivity contribution in [3.8, 4) is 5.75 Å². The fraction of sp³-hybridized carbons (Fsp3) is 0.571. The van der Waals surface area contributed by atoms with Gasteiger partial charge in [0.05, 0.1) is 24.9 Å². The molecule has 0 saturated carbocycles. The third kappa shape index (κ3) is 4.64. The molecular formula is C14H23NO3. The van der Waals surface area contributed by atoms with Gasteiger partial charge in [0.2, 0.25) is 0 Å². The average molecular weight is 253 g/mol. The van der Waals surface area contributed by atoms with Crippen molar-refractivity contribution in [2.24, 2.45) is 0 Å².